The molecule has 1 atom stereocenters. The molecule has 0 saturated carbocycles. The van der Waals surface area contributed by atoms with E-state index in [0.29, 0.717) is 15.7 Å². The summed E-state index contributed by atoms with van der Waals surface area (Å²) in [5.41, 5.74) is 6.30. The Kier molecular flexibility index (Phi) is 4.59. The van der Waals surface area contributed by atoms with Gasteiger partial charge in [0.15, 0.2) is 0 Å². The third-order valence-corrected chi connectivity index (χ3v) is 2.95. The number of nitrogens with two attached hydrogens (primary N) is 1. The Morgan fingerprint density at radius 2 is 1.94 bits per heavy atom. The van der Waals surface area contributed by atoms with Crippen LogP contribution in [0.5, 0.6) is 0 Å². The first-order chi connectivity index (χ1) is 7.41. The van der Waals surface area contributed by atoms with Crippen LogP contribution in [0.3, 0.4) is 0 Å². The lowest BCUT2D eigenvalue weighted by Gasteiger charge is -2.15. The monoisotopic (exact) mass is 260 g/mol. The Morgan fingerprint density at radius 3 is 2.44 bits per heavy atom. The molecule has 16 heavy (non-hydrogen) atoms. The van der Waals surface area contributed by atoms with Crippen molar-refractivity contribution >= 4 is 34.8 Å². The fourth-order valence-corrected chi connectivity index (χ4v) is 1.40. The summed E-state index contributed by atoms with van der Waals surface area (Å²) < 4.78 is 0. The van der Waals surface area contributed by atoms with Crippen molar-refractivity contribution in [2.75, 3.05) is 5.32 Å². The van der Waals surface area contributed by atoms with E-state index in [-0.39, 0.29) is 11.8 Å². The molecule has 0 heterocycles. The lowest BCUT2D eigenvalue weighted by Crippen LogP contribution is -2.39. The van der Waals surface area contributed by atoms with Crippen molar-refractivity contribution in [2.24, 2.45) is 11.7 Å². The van der Waals surface area contributed by atoms with Gasteiger partial charge in [0.2, 0.25) is 5.91 Å². The summed E-state index contributed by atoms with van der Waals surface area (Å²) >= 11 is 11.6. The molecule has 0 unspecified atom stereocenters. The molecule has 1 rings (SSSR count). The molecule has 0 fully saturated rings. The molecule has 0 radical (unpaired) electrons. The summed E-state index contributed by atoms with van der Waals surface area (Å²) in [6, 6.07) is 4.36. The second-order valence-electron chi connectivity index (χ2n) is 3.89. The largest absolute Gasteiger partial charge is 0.325 e. The number of nitrogens with one attached hydrogen (secondary N) is 1. The Morgan fingerprint density at radius 1 is 1.31 bits per heavy atom. The van der Waals surface area contributed by atoms with Crippen molar-refractivity contribution in [3.05, 3.63) is 28.2 Å². The molecule has 0 bridgehead atoms. The molecule has 1 amide bonds. The first kappa shape index (κ1) is 13.3. The lowest BCUT2D eigenvalue weighted by atomic mass is 10.1. The highest BCUT2D eigenvalue weighted by Gasteiger charge is 2.17. The van der Waals surface area contributed by atoms with Crippen LogP contribution in [0, 0.1) is 5.92 Å². The van der Waals surface area contributed by atoms with Crippen molar-refractivity contribution in [3.63, 3.8) is 0 Å². The summed E-state index contributed by atoms with van der Waals surface area (Å²) in [4.78, 5) is 11.6. The van der Waals surface area contributed by atoms with E-state index in [0.717, 1.165) is 0 Å². The van der Waals surface area contributed by atoms with Crippen LogP contribution in [0.15, 0.2) is 18.2 Å². The maximum atomic E-state index is 11.6. The zero-order valence-corrected chi connectivity index (χ0v) is 10.6. The molecule has 0 aromatic heterocycles. The predicted octanol–water partition coefficient (Wildman–Crippen LogP) is 2.92. The highest BCUT2D eigenvalue weighted by molar-refractivity contribution is 6.42. The van der Waals surface area contributed by atoms with Crippen LogP contribution in [-0.4, -0.2) is 11.9 Å². The minimum Gasteiger partial charge on any atom is -0.325 e. The fourth-order valence-electron chi connectivity index (χ4n) is 1.10. The first-order valence-electron chi connectivity index (χ1n) is 4.93. The fraction of sp³-hybridized carbons (Fsp3) is 0.364. The molecular weight excluding hydrogens is 247 g/mol. The molecule has 3 N–H and O–H groups in total. The minimum atomic E-state index is -0.533. The van der Waals surface area contributed by atoms with Gasteiger partial charge in [-0.3, -0.25) is 4.79 Å². The van der Waals surface area contributed by atoms with E-state index in [4.69, 9.17) is 28.9 Å². The maximum Gasteiger partial charge on any atom is 0.241 e. The molecule has 0 aliphatic heterocycles. The Hall–Kier alpha value is -0.770. The molecule has 3 nitrogen and oxygen atoms in total. The van der Waals surface area contributed by atoms with E-state index in [2.05, 4.69) is 5.32 Å². The zero-order valence-electron chi connectivity index (χ0n) is 9.13. The number of carbonyl (C=O) groups is 1. The van der Waals surface area contributed by atoms with E-state index >= 15 is 0 Å². The van der Waals surface area contributed by atoms with Gasteiger partial charge in [-0.05, 0) is 24.1 Å². The summed E-state index contributed by atoms with van der Waals surface area (Å²) in [6.07, 6.45) is 0. The predicted molar refractivity (Wildman–Crippen MR) is 67.9 cm³/mol. The molecular formula is C11H14Cl2N2O. The van der Waals surface area contributed by atoms with Crippen molar-refractivity contribution < 1.29 is 4.79 Å². The highest BCUT2D eigenvalue weighted by atomic mass is 35.5. The van der Waals surface area contributed by atoms with E-state index in [9.17, 15) is 4.79 Å². The number of hydrogen-bond donors (Lipinski definition) is 2. The van der Waals surface area contributed by atoms with Crippen LogP contribution in [0.1, 0.15) is 13.8 Å². The normalized spacial score (nSPS) is 12.6. The number of anilines is 1. The SMILES string of the molecule is CC(C)[C@H](N)C(=O)Nc1ccc(Cl)c(Cl)c1. The van der Waals surface area contributed by atoms with Crippen molar-refractivity contribution in [1.82, 2.24) is 0 Å². The summed E-state index contributed by atoms with van der Waals surface area (Å²) in [6.45, 7) is 3.78. The van der Waals surface area contributed by atoms with Gasteiger partial charge in [-0.25, -0.2) is 0 Å². The standard InChI is InChI=1S/C11H14Cl2N2O/c1-6(2)10(14)11(16)15-7-3-4-8(12)9(13)5-7/h3-6,10H,14H2,1-2H3,(H,15,16)/t10-/m0/s1. The van der Waals surface area contributed by atoms with E-state index < -0.39 is 6.04 Å². The number of carbonyl (C=O) groups excluding carboxylic acids is 1. The Labute approximate surface area is 105 Å². The average Bonchev–Trinajstić information content (AvgIpc) is 2.22. The van der Waals surface area contributed by atoms with Gasteiger partial charge in [-0.15, -0.1) is 0 Å². The van der Waals surface area contributed by atoms with E-state index in [1.165, 1.54) is 0 Å². The third kappa shape index (κ3) is 3.37. The first-order valence-corrected chi connectivity index (χ1v) is 5.69. The highest BCUT2D eigenvalue weighted by Crippen LogP contribution is 2.25. The van der Waals surface area contributed by atoms with Gasteiger partial charge in [-0.1, -0.05) is 37.0 Å². The molecule has 1 aromatic rings. The van der Waals surface area contributed by atoms with Crippen molar-refractivity contribution in [1.29, 1.82) is 0 Å². The topological polar surface area (TPSA) is 55.1 Å². The third-order valence-electron chi connectivity index (χ3n) is 2.21. The average molecular weight is 261 g/mol. The van der Waals surface area contributed by atoms with Gasteiger partial charge < -0.3 is 11.1 Å². The van der Waals surface area contributed by atoms with E-state index in [1.54, 1.807) is 18.2 Å². The molecule has 0 saturated heterocycles. The molecule has 88 valence electrons. The second kappa shape index (κ2) is 5.53. The number of halogens is 2. The molecule has 5 heteroatoms. The quantitative estimate of drug-likeness (QED) is 0.878. The minimum absolute atomic E-state index is 0.0859. The number of rotatable bonds is 3. The van der Waals surface area contributed by atoms with Gasteiger partial charge in [-0.2, -0.15) is 0 Å². The van der Waals surface area contributed by atoms with Crippen LogP contribution >= 0.6 is 23.2 Å². The number of amides is 1. The summed E-state index contributed by atoms with van der Waals surface area (Å²) in [5, 5.41) is 3.54. The van der Waals surface area contributed by atoms with Gasteiger partial charge in [0, 0.05) is 5.69 Å². The lowest BCUT2D eigenvalue weighted by molar-refractivity contribution is -0.118. The van der Waals surface area contributed by atoms with Crippen molar-refractivity contribution in [3.8, 4) is 0 Å². The molecule has 0 spiro atoms. The summed E-state index contributed by atoms with van der Waals surface area (Å²) in [7, 11) is 0. The van der Waals surface area contributed by atoms with Gasteiger partial charge in [0.05, 0.1) is 16.1 Å². The number of hydrogen-bond acceptors (Lipinski definition) is 2. The van der Waals surface area contributed by atoms with Gasteiger partial charge >= 0.3 is 0 Å². The Bertz CT molecular complexity index is 394. The van der Waals surface area contributed by atoms with Crippen LogP contribution in [0.2, 0.25) is 10.0 Å². The van der Waals surface area contributed by atoms with Crippen LogP contribution in [0.25, 0.3) is 0 Å². The smallest absolute Gasteiger partial charge is 0.241 e. The van der Waals surface area contributed by atoms with Gasteiger partial charge in [0.25, 0.3) is 0 Å². The zero-order chi connectivity index (χ0) is 12.3. The molecule has 1 aromatic carbocycles. The van der Waals surface area contributed by atoms with Crippen LogP contribution in [-0.2, 0) is 4.79 Å². The van der Waals surface area contributed by atoms with Crippen LogP contribution < -0.4 is 11.1 Å². The summed E-state index contributed by atoms with van der Waals surface area (Å²) in [5.74, 6) is -0.142. The van der Waals surface area contributed by atoms with Gasteiger partial charge in [0.1, 0.15) is 0 Å². The van der Waals surface area contributed by atoms with Crippen LogP contribution in [0.4, 0.5) is 5.69 Å². The van der Waals surface area contributed by atoms with Crippen molar-refractivity contribution in [2.45, 2.75) is 19.9 Å². The Balaban J connectivity index is 2.74. The molecule has 0 aliphatic rings. The second-order valence-corrected chi connectivity index (χ2v) is 4.70. The molecule has 0 aliphatic carbocycles. The number of benzene rings is 1. The maximum absolute atomic E-state index is 11.6. The van der Waals surface area contributed by atoms with E-state index in [1.807, 2.05) is 13.8 Å².